The summed E-state index contributed by atoms with van der Waals surface area (Å²) in [5.41, 5.74) is 6.90. The molecule has 0 atom stereocenters. The van der Waals surface area contributed by atoms with Gasteiger partial charge in [0.25, 0.3) is 15.9 Å². The fraction of sp³-hybridized carbons (Fsp3) is 0.0667. The van der Waals surface area contributed by atoms with E-state index in [9.17, 15) is 13.2 Å². The van der Waals surface area contributed by atoms with Crippen molar-refractivity contribution in [2.45, 2.75) is 4.90 Å². The third-order valence-corrected chi connectivity index (χ3v) is 4.81. The van der Waals surface area contributed by atoms with Crippen LogP contribution in [0, 0.1) is 0 Å². The predicted molar refractivity (Wildman–Crippen MR) is 86.5 cm³/mol. The van der Waals surface area contributed by atoms with Crippen molar-refractivity contribution in [2.24, 2.45) is 12.8 Å². The summed E-state index contributed by atoms with van der Waals surface area (Å²) in [4.78, 5) is 15.6. The van der Waals surface area contributed by atoms with Crippen molar-refractivity contribution in [1.29, 1.82) is 0 Å². The Morgan fingerprint density at radius 2 is 1.96 bits per heavy atom. The number of aryl methyl sites for hydroxylation is 1. The summed E-state index contributed by atoms with van der Waals surface area (Å²) in [6.45, 7) is 0. The molecule has 3 aromatic rings. The van der Waals surface area contributed by atoms with Gasteiger partial charge in [0.1, 0.15) is 0 Å². The normalized spacial score (nSPS) is 11.5. The van der Waals surface area contributed by atoms with E-state index in [0.717, 1.165) is 5.52 Å². The van der Waals surface area contributed by atoms with Crippen molar-refractivity contribution >= 4 is 32.7 Å². The lowest BCUT2D eigenvalue weighted by Crippen LogP contribution is -2.18. The molecular formula is C15H14N4O3S. The molecule has 0 saturated carbocycles. The summed E-state index contributed by atoms with van der Waals surface area (Å²) < 4.78 is 29.2. The molecule has 1 aromatic heterocycles. The maximum atomic E-state index is 12.5. The highest BCUT2D eigenvalue weighted by Crippen LogP contribution is 2.22. The van der Waals surface area contributed by atoms with Crippen LogP contribution in [0.1, 0.15) is 10.4 Å². The van der Waals surface area contributed by atoms with Gasteiger partial charge in [0.15, 0.2) is 0 Å². The molecule has 1 amide bonds. The molecule has 0 spiro atoms. The molecule has 0 aliphatic carbocycles. The summed E-state index contributed by atoms with van der Waals surface area (Å²) >= 11 is 0. The van der Waals surface area contributed by atoms with Gasteiger partial charge >= 0.3 is 0 Å². The molecule has 3 rings (SSSR count). The van der Waals surface area contributed by atoms with E-state index in [1.807, 2.05) is 7.05 Å². The van der Waals surface area contributed by atoms with Crippen LogP contribution < -0.4 is 10.5 Å². The third kappa shape index (κ3) is 2.76. The van der Waals surface area contributed by atoms with Gasteiger partial charge in [-0.15, -0.1) is 0 Å². The minimum absolute atomic E-state index is 0.0583. The Bertz CT molecular complexity index is 1010. The van der Waals surface area contributed by atoms with Crippen LogP contribution in [-0.2, 0) is 17.1 Å². The maximum Gasteiger partial charge on any atom is 0.261 e. The molecule has 0 unspecified atom stereocenters. The number of nitrogens with zero attached hydrogens (tertiary/aromatic N) is 2. The van der Waals surface area contributed by atoms with Gasteiger partial charge in [0, 0.05) is 7.05 Å². The quantitative estimate of drug-likeness (QED) is 0.755. The lowest BCUT2D eigenvalue weighted by atomic mass is 10.2. The molecule has 0 saturated heterocycles. The van der Waals surface area contributed by atoms with Gasteiger partial charge in [-0.25, -0.2) is 13.4 Å². The van der Waals surface area contributed by atoms with Crippen LogP contribution in [0.4, 0.5) is 5.69 Å². The summed E-state index contributed by atoms with van der Waals surface area (Å²) in [7, 11) is -2.03. The Morgan fingerprint density at radius 3 is 2.70 bits per heavy atom. The molecule has 23 heavy (non-hydrogen) atoms. The monoisotopic (exact) mass is 330 g/mol. The van der Waals surface area contributed by atoms with Gasteiger partial charge in [-0.1, -0.05) is 12.1 Å². The van der Waals surface area contributed by atoms with E-state index in [1.54, 1.807) is 29.1 Å². The molecule has 0 aliphatic rings. The summed E-state index contributed by atoms with van der Waals surface area (Å²) in [6, 6.07) is 10.8. The standard InChI is InChI=1S/C15H14N4O3S/c1-19-9-17-13-8-10(6-7-14(13)19)23(21,22)18-12-5-3-2-4-11(12)15(16)20/h2-9,18H,1H3,(H2,16,20). The first-order valence-corrected chi connectivity index (χ1v) is 8.19. The highest BCUT2D eigenvalue weighted by molar-refractivity contribution is 7.92. The number of para-hydroxylation sites is 1. The van der Waals surface area contributed by atoms with E-state index in [0.29, 0.717) is 5.52 Å². The zero-order chi connectivity index (χ0) is 16.6. The minimum Gasteiger partial charge on any atom is -0.366 e. The number of rotatable bonds is 4. The average Bonchev–Trinajstić information content (AvgIpc) is 2.88. The van der Waals surface area contributed by atoms with Crippen LogP contribution >= 0.6 is 0 Å². The minimum atomic E-state index is -3.86. The number of amides is 1. The van der Waals surface area contributed by atoms with Crippen LogP contribution in [-0.4, -0.2) is 23.9 Å². The van der Waals surface area contributed by atoms with Gasteiger partial charge < -0.3 is 10.3 Å². The van der Waals surface area contributed by atoms with Crippen LogP contribution in [0.25, 0.3) is 11.0 Å². The predicted octanol–water partition coefficient (Wildman–Crippen LogP) is 1.47. The van der Waals surface area contributed by atoms with Crippen LogP contribution in [0.15, 0.2) is 53.7 Å². The fourth-order valence-corrected chi connectivity index (χ4v) is 3.37. The fourth-order valence-electron chi connectivity index (χ4n) is 2.27. The Balaban J connectivity index is 2.02. The molecule has 0 bridgehead atoms. The second-order valence-corrected chi connectivity index (χ2v) is 6.70. The van der Waals surface area contributed by atoms with Crippen molar-refractivity contribution in [1.82, 2.24) is 9.55 Å². The highest BCUT2D eigenvalue weighted by Gasteiger charge is 2.18. The lowest BCUT2D eigenvalue weighted by molar-refractivity contribution is 0.100. The van der Waals surface area contributed by atoms with Gasteiger partial charge in [0.2, 0.25) is 0 Å². The molecule has 0 aliphatic heterocycles. The van der Waals surface area contributed by atoms with E-state index < -0.39 is 15.9 Å². The van der Waals surface area contributed by atoms with Gasteiger partial charge in [0.05, 0.1) is 33.5 Å². The first-order chi connectivity index (χ1) is 10.9. The Kier molecular flexibility index (Phi) is 3.53. The maximum absolute atomic E-state index is 12.5. The van der Waals surface area contributed by atoms with E-state index in [1.165, 1.54) is 24.3 Å². The number of benzene rings is 2. The van der Waals surface area contributed by atoms with Crippen LogP contribution in [0.2, 0.25) is 0 Å². The Labute approximate surface area is 132 Å². The van der Waals surface area contributed by atoms with E-state index in [-0.39, 0.29) is 16.1 Å². The lowest BCUT2D eigenvalue weighted by Gasteiger charge is -2.11. The molecule has 0 radical (unpaired) electrons. The van der Waals surface area contributed by atoms with Crippen LogP contribution in [0.3, 0.4) is 0 Å². The smallest absolute Gasteiger partial charge is 0.261 e. The number of carbonyl (C=O) groups is 1. The molecule has 0 fully saturated rings. The molecular weight excluding hydrogens is 316 g/mol. The van der Waals surface area contributed by atoms with Gasteiger partial charge in [-0.2, -0.15) is 0 Å². The molecule has 3 N–H and O–H groups in total. The average molecular weight is 330 g/mol. The SMILES string of the molecule is Cn1cnc2cc(S(=O)(=O)Nc3ccccc3C(N)=O)ccc21. The summed E-state index contributed by atoms with van der Waals surface area (Å²) in [6.07, 6.45) is 1.61. The van der Waals surface area contributed by atoms with Crippen molar-refractivity contribution in [3.8, 4) is 0 Å². The second kappa shape index (κ2) is 5.40. The van der Waals surface area contributed by atoms with Crippen molar-refractivity contribution in [3.05, 3.63) is 54.4 Å². The topological polar surface area (TPSA) is 107 Å². The number of hydrogen-bond acceptors (Lipinski definition) is 4. The van der Waals surface area contributed by atoms with E-state index in [2.05, 4.69) is 9.71 Å². The number of fused-ring (bicyclic) bond motifs is 1. The molecule has 118 valence electrons. The second-order valence-electron chi connectivity index (χ2n) is 5.02. The zero-order valence-electron chi connectivity index (χ0n) is 12.2. The van der Waals surface area contributed by atoms with Gasteiger partial charge in [-0.05, 0) is 30.3 Å². The Hall–Kier alpha value is -2.87. The summed E-state index contributed by atoms with van der Waals surface area (Å²) in [5, 5.41) is 0. The van der Waals surface area contributed by atoms with Crippen molar-refractivity contribution < 1.29 is 13.2 Å². The third-order valence-electron chi connectivity index (χ3n) is 3.44. The van der Waals surface area contributed by atoms with Crippen LogP contribution in [0.5, 0.6) is 0 Å². The number of nitrogens with one attached hydrogen (secondary N) is 1. The van der Waals surface area contributed by atoms with Gasteiger partial charge in [-0.3, -0.25) is 9.52 Å². The number of imidazole rings is 1. The molecule has 2 aromatic carbocycles. The Morgan fingerprint density at radius 1 is 1.22 bits per heavy atom. The summed E-state index contributed by atoms with van der Waals surface area (Å²) in [5.74, 6) is -0.705. The first-order valence-electron chi connectivity index (χ1n) is 6.71. The number of carbonyl (C=O) groups excluding carboxylic acids is 1. The number of sulfonamides is 1. The molecule has 1 heterocycles. The number of nitrogens with two attached hydrogens (primary N) is 1. The van der Waals surface area contributed by atoms with Crippen molar-refractivity contribution in [2.75, 3.05) is 4.72 Å². The number of primary amides is 1. The number of anilines is 1. The van der Waals surface area contributed by atoms with E-state index >= 15 is 0 Å². The number of hydrogen-bond donors (Lipinski definition) is 2. The molecule has 8 heteroatoms. The van der Waals surface area contributed by atoms with Crippen molar-refractivity contribution in [3.63, 3.8) is 0 Å². The molecule has 7 nitrogen and oxygen atoms in total. The highest BCUT2D eigenvalue weighted by atomic mass is 32.2. The first kappa shape index (κ1) is 15.0. The number of aromatic nitrogens is 2. The zero-order valence-corrected chi connectivity index (χ0v) is 13.0. The largest absolute Gasteiger partial charge is 0.366 e. The van der Waals surface area contributed by atoms with E-state index in [4.69, 9.17) is 5.73 Å².